The molecule has 2 aromatic carbocycles. The zero-order chi connectivity index (χ0) is 19.4. The molecule has 3 atom stereocenters. The Kier molecular flexibility index (Phi) is 6.32. The Balaban J connectivity index is 1.52. The lowest BCUT2D eigenvalue weighted by atomic mass is 10.1. The van der Waals surface area contributed by atoms with Gasteiger partial charge in [0.05, 0.1) is 0 Å². The first-order chi connectivity index (χ1) is 13.0. The van der Waals surface area contributed by atoms with Gasteiger partial charge in [0.15, 0.2) is 0 Å². The Hall–Kier alpha value is -2.14. The minimum Gasteiger partial charge on any atom is -0.352 e. The number of amides is 2. The highest BCUT2D eigenvalue weighted by molar-refractivity contribution is 9.10. The van der Waals surface area contributed by atoms with E-state index in [1.165, 1.54) is 5.56 Å². The van der Waals surface area contributed by atoms with Crippen LogP contribution in [0.1, 0.15) is 43.7 Å². The molecule has 1 saturated carbocycles. The van der Waals surface area contributed by atoms with E-state index in [4.69, 9.17) is 0 Å². The van der Waals surface area contributed by atoms with Gasteiger partial charge in [0.1, 0.15) is 0 Å². The standard InChI is InChI=1S/C22H25BrN2O2/c1-3-14(2)21(26)25-18-9-4-6-15(10-18)13-24-22(27)20-12-19(20)16-7-5-8-17(23)11-16/h4-11,14,19-20H,3,12-13H2,1-2H3,(H,24,27)(H,25,26). The van der Waals surface area contributed by atoms with Crippen molar-refractivity contribution in [1.29, 1.82) is 0 Å². The monoisotopic (exact) mass is 428 g/mol. The lowest BCUT2D eigenvalue weighted by molar-refractivity contribution is -0.122. The summed E-state index contributed by atoms with van der Waals surface area (Å²) in [5.41, 5.74) is 2.95. The molecule has 2 N–H and O–H groups in total. The van der Waals surface area contributed by atoms with Crippen LogP contribution in [0.2, 0.25) is 0 Å². The molecule has 0 spiro atoms. The molecule has 1 aliphatic rings. The number of hydrogen-bond donors (Lipinski definition) is 2. The van der Waals surface area contributed by atoms with Crippen LogP contribution in [0.5, 0.6) is 0 Å². The molecule has 4 nitrogen and oxygen atoms in total. The Morgan fingerprint density at radius 3 is 2.70 bits per heavy atom. The summed E-state index contributed by atoms with van der Waals surface area (Å²) < 4.78 is 1.04. The molecule has 0 aromatic heterocycles. The molecule has 0 radical (unpaired) electrons. The summed E-state index contributed by atoms with van der Waals surface area (Å²) in [4.78, 5) is 24.5. The predicted octanol–water partition coefficient (Wildman–Crippen LogP) is 4.85. The van der Waals surface area contributed by atoms with Crippen molar-refractivity contribution in [2.24, 2.45) is 11.8 Å². The topological polar surface area (TPSA) is 58.2 Å². The Bertz CT molecular complexity index is 837. The van der Waals surface area contributed by atoms with Gasteiger partial charge >= 0.3 is 0 Å². The van der Waals surface area contributed by atoms with Crippen molar-refractivity contribution < 1.29 is 9.59 Å². The largest absolute Gasteiger partial charge is 0.352 e. The van der Waals surface area contributed by atoms with Crippen molar-refractivity contribution in [2.75, 3.05) is 5.32 Å². The number of rotatable bonds is 7. The van der Waals surface area contributed by atoms with Crippen molar-refractivity contribution >= 4 is 33.4 Å². The second kappa shape index (κ2) is 8.70. The lowest BCUT2D eigenvalue weighted by Gasteiger charge is -2.11. The van der Waals surface area contributed by atoms with E-state index in [1.807, 2.05) is 50.2 Å². The zero-order valence-electron chi connectivity index (χ0n) is 15.7. The summed E-state index contributed by atoms with van der Waals surface area (Å²) in [6.07, 6.45) is 1.70. The number of benzene rings is 2. The number of anilines is 1. The van der Waals surface area contributed by atoms with Gasteiger partial charge in [-0.3, -0.25) is 9.59 Å². The number of carbonyl (C=O) groups excluding carboxylic acids is 2. The van der Waals surface area contributed by atoms with Crippen LogP contribution in [0, 0.1) is 11.8 Å². The molecule has 3 rings (SSSR count). The second-order valence-electron chi connectivity index (χ2n) is 7.22. The number of carbonyl (C=O) groups is 2. The van der Waals surface area contributed by atoms with Gasteiger partial charge in [-0.15, -0.1) is 0 Å². The maximum Gasteiger partial charge on any atom is 0.227 e. The molecule has 2 aromatic rings. The second-order valence-corrected chi connectivity index (χ2v) is 8.14. The van der Waals surface area contributed by atoms with Crippen LogP contribution < -0.4 is 10.6 Å². The van der Waals surface area contributed by atoms with Crippen molar-refractivity contribution in [3.05, 3.63) is 64.1 Å². The molecule has 2 amide bonds. The zero-order valence-corrected chi connectivity index (χ0v) is 17.3. The third kappa shape index (κ3) is 5.19. The molecule has 1 fully saturated rings. The highest BCUT2D eigenvalue weighted by Crippen LogP contribution is 2.47. The minimum atomic E-state index is -0.0156. The normalized spacial score (nSPS) is 19.2. The van der Waals surface area contributed by atoms with E-state index in [2.05, 4.69) is 38.7 Å². The highest BCUT2D eigenvalue weighted by Gasteiger charge is 2.43. The average molecular weight is 429 g/mol. The molecular weight excluding hydrogens is 404 g/mol. The molecule has 5 heteroatoms. The quantitative estimate of drug-likeness (QED) is 0.661. The van der Waals surface area contributed by atoms with Crippen LogP contribution in [0.15, 0.2) is 53.0 Å². The maximum atomic E-state index is 12.4. The van der Waals surface area contributed by atoms with Gasteiger partial charge < -0.3 is 10.6 Å². The fraction of sp³-hybridized carbons (Fsp3) is 0.364. The third-order valence-electron chi connectivity index (χ3n) is 5.13. The fourth-order valence-electron chi connectivity index (χ4n) is 3.12. The fourth-order valence-corrected chi connectivity index (χ4v) is 3.54. The molecule has 27 heavy (non-hydrogen) atoms. The summed E-state index contributed by atoms with van der Waals surface area (Å²) in [5, 5.41) is 5.96. The van der Waals surface area contributed by atoms with E-state index < -0.39 is 0 Å². The average Bonchev–Trinajstić information content (AvgIpc) is 3.46. The SMILES string of the molecule is CCC(C)C(=O)Nc1cccc(CNC(=O)C2CC2c2cccc(Br)c2)c1. The van der Waals surface area contributed by atoms with Crippen LogP contribution in [0.25, 0.3) is 0 Å². The number of halogens is 1. The molecule has 142 valence electrons. The van der Waals surface area contributed by atoms with Crippen molar-refractivity contribution in [3.8, 4) is 0 Å². The Labute approximate surface area is 168 Å². The summed E-state index contributed by atoms with van der Waals surface area (Å²) in [6, 6.07) is 15.8. The van der Waals surface area contributed by atoms with Crippen LogP contribution in [0.3, 0.4) is 0 Å². The summed E-state index contributed by atoms with van der Waals surface area (Å²) in [7, 11) is 0. The summed E-state index contributed by atoms with van der Waals surface area (Å²) in [5.74, 6) is 0.456. The van der Waals surface area contributed by atoms with Crippen molar-refractivity contribution in [1.82, 2.24) is 5.32 Å². The Morgan fingerprint density at radius 2 is 1.96 bits per heavy atom. The molecule has 0 bridgehead atoms. The van der Waals surface area contributed by atoms with Gasteiger partial charge in [0.25, 0.3) is 0 Å². The van der Waals surface area contributed by atoms with E-state index >= 15 is 0 Å². The van der Waals surface area contributed by atoms with Gasteiger partial charge in [-0.2, -0.15) is 0 Å². The van der Waals surface area contributed by atoms with E-state index in [-0.39, 0.29) is 23.7 Å². The molecule has 0 aliphatic heterocycles. The third-order valence-corrected chi connectivity index (χ3v) is 5.62. The maximum absolute atomic E-state index is 12.4. The molecule has 3 unspecified atom stereocenters. The van der Waals surface area contributed by atoms with E-state index in [1.54, 1.807) is 0 Å². The first-order valence-corrected chi connectivity index (χ1v) is 10.2. The Morgan fingerprint density at radius 1 is 1.19 bits per heavy atom. The molecule has 0 heterocycles. The lowest BCUT2D eigenvalue weighted by Crippen LogP contribution is -2.25. The van der Waals surface area contributed by atoms with Crippen LogP contribution >= 0.6 is 15.9 Å². The van der Waals surface area contributed by atoms with Gasteiger partial charge in [-0.05, 0) is 54.2 Å². The molecule has 0 saturated heterocycles. The highest BCUT2D eigenvalue weighted by atomic mass is 79.9. The van der Waals surface area contributed by atoms with Gasteiger partial charge in [-0.25, -0.2) is 0 Å². The van der Waals surface area contributed by atoms with Crippen molar-refractivity contribution in [2.45, 2.75) is 39.2 Å². The van der Waals surface area contributed by atoms with Crippen LogP contribution in [-0.2, 0) is 16.1 Å². The van der Waals surface area contributed by atoms with Crippen LogP contribution in [0.4, 0.5) is 5.69 Å². The molecule has 1 aliphatic carbocycles. The number of nitrogens with one attached hydrogen (secondary N) is 2. The summed E-state index contributed by atoms with van der Waals surface area (Å²) >= 11 is 3.48. The smallest absolute Gasteiger partial charge is 0.227 e. The summed E-state index contributed by atoms with van der Waals surface area (Å²) in [6.45, 7) is 4.37. The van der Waals surface area contributed by atoms with E-state index in [9.17, 15) is 9.59 Å². The van der Waals surface area contributed by atoms with Crippen LogP contribution in [-0.4, -0.2) is 11.8 Å². The van der Waals surface area contributed by atoms with Gasteiger partial charge in [0, 0.05) is 28.5 Å². The minimum absolute atomic E-state index is 0.0156. The number of hydrogen-bond acceptors (Lipinski definition) is 2. The van der Waals surface area contributed by atoms with E-state index in [0.29, 0.717) is 12.5 Å². The first-order valence-electron chi connectivity index (χ1n) is 9.41. The first kappa shape index (κ1) is 19.6. The van der Waals surface area contributed by atoms with E-state index in [0.717, 1.165) is 28.6 Å². The van der Waals surface area contributed by atoms with Gasteiger partial charge in [-0.1, -0.05) is 54.0 Å². The predicted molar refractivity (Wildman–Crippen MR) is 111 cm³/mol. The molecular formula is C22H25BrN2O2. The van der Waals surface area contributed by atoms with Gasteiger partial charge in [0.2, 0.25) is 11.8 Å². The van der Waals surface area contributed by atoms with Crippen molar-refractivity contribution in [3.63, 3.8) is 0 Å².